The molecule has 0 saturated heterocycles. The largest absolute Gasteiger partial charge is 0.273 e. The Morgan fingerprint density at radius 3 is 1.27 bits per heavy atom. The molecule has 9 nitrogen and oxygen atoms in total. The average molecular weight is 554 g/mol. The summed E-state index contributed by atoms with van der Waals surface area (Å²) >= 11 is 0. The van der Waals surface area contributed by atoms with Crippen molar-refractivity contribution in [2.24, 2.45) is 27.6 Å². The Labute approximate surface area is 239 Å². The van der Waals surface area contributed by atoms with E-state index in [1.54, 1.807) is 83.1 Å². The van der Waals surface area contributed by atoms with Gasteiger partial charge >= 0.3 is 0 Å². The number of hydrogen-bond donors (Lipinski definition) is 0. The third-order valence-electron chi connectivity index (χ3n) is 7.61. The summed E-state index contributed by atoms with van der Waals surface area (Å²) in [6.45, 7) is 22.8. The lowest BCUT2D eigenvalue weighted by Gasteiger charge is -2.35. The highest BCUT2D eigenvalue weighted by atomic mass is 16.2. The van der Waals surface area contributed by atoms with Crippen LogP contribution < -0.4 is 9.80 Å². The third kappa shape index (κ3) is 5.75. The topological polar surface area (TPSA) is 113 Å². The van der Waals surface area contributed by atoms with E-state index >= 15 is 0 Å². The first kappa shape index (κ1) is 31.6. The van der Waals surface area contributed by atoms with Gasteiger partial charge in [-0.25, -0.2) is 9.80 Å². The number of imide groups is 2. The van der Waals surface area contributed by atoms with Crippen molar-refractivity contribution in [1.29, 1.82) is 0 Å². The Morgan fingerprint density at radius 2 is 1.02 bits per heavy atom. The molecule has 2 unspecified atom stereocenters. The van der Waals surface area contributed by atoms with E-state index in [0.29, 0.717) is 11.7 Å². The molecule has 1 heterocycles. The number of nitrogens with zero attached hydrogens (tertiary/aromatic N) is 5. The molecule has 1 saturated carbocycles. The number of hydrogen-bond acceptors (Lipinski definition) is 7. The first-order valence-corrected chi connectivity index (χ1v) is 14.1. The summed E-state index contributed by atoms with van der Waals surface area (Å²) in [5, 5.41) is 0. The van der Waals surface area contributed by atoms with Crippen LogP contribution in [0, 0.1) is 27.6 Å². The van der Waals surface area contributed by atoms with E-state index in [4.69, 9.17) is 9.97 Å². The molecule has 2 aliphatic rings. The van der Waals surface area contributed by atoms with Gasteiger partial charge in [0.1, 0.15) is 5.82 Å². The van der Waals surface area contributed by atoms with Crippen LogP contribution in [-0.2, 0) is 24.6 Å². The van der Waals surface area contributed by atoms with Gasteiger partial charge in [-0.2, -0.15) is 15.0 Å². The van der Waals surface area contributed by atoms with Crippen molar-refractivity contribution >= 4 is 35.5 Å². The normalized spacial score (nSPS) is 21.2. The minimum Gasteiger partial charge on any atom is -0.273 e. The molecule has 0 spiro atoms. The Bertz CT molecular complexity index is 1140. The zero-order chi connectivity index (χ0) is 30.8. The first-order chi connectivity index (χ1) is 17.9. The molecule has 0 N–H and O–H groups in total. The molecule has 1 aromatic heterocycles. The molecule has 220 valence electrons. The molecule has 40 heavy (non-hydrogen) atoms. The minimum atomic E-state index is -0.935. The van der Waals surface area contributed by atoms with Crippen LogP contribution in [0.4, 0.5) is 11.9 Å². The maximum absolute atomic E-state index is 13.8. The van der Waals surface area contributed by atoms with Gasteiger partial charge < -0.3 is 0 Å². The zero-order valence-corrected chi connectivity index (χ0v) is 26.6. The van der Waals surface area contributed by atoms with Crippen molar-refractivity contribution in [3.8, 4) is 0 Å². The summed E-state index contributed by atoms with van der Waals surface area (Å²) in [4.78, 5) is 71.5. The number of amides is 4. The van der Waals surface area contributed by atoms with Gasteiger partial charge in [0, 0.05) is 21.7 Å². The summed E-state index contributed by atoms with van der Waals surface area (Å²) in [6.07, 6.45) is 4.78. The molecule has 2 atom stereocenters. The lowest BCUT2D eigenvalue weighted by Crippen LogP contribution is -2.51. The van der Waals surface area contributed by atoms with Gasteiger partial charge in [0.2, 0.25) is 35.5 Å². The van der Waals surface area contributed by atoms with Crippen molar-refractivity contribution in [2.45, 2.75) is 115 Å². The molecule has 2 aliphatic carbocycles. The second-order valence-corrected chi connectivity index (χ2v) is 15.6. The van der Waals surface area contributed by atoms with Crippen LogP contribution in [0.15, 0.2) is 11.6 Å². The molecule has 1 fully saturated rings. The average Bonchev–Trinajstić information content (AvgIpc) is 3.35. The Balaban J connectivity index is 2.42. The molecule has 3 rings (SSSR count). The molecule has 2 bridgehead atoms. The highest BCUT2D eigenvalue weighted by Crippen LogP contribution is 2.54. The molecule has 4 amide bonds. The molecule has 0 aromatic carbocycles. The maximum atomic E-state index is 13.8. The molecule has 1 aromatic rings. The Hall–Kier alpha value is -2.97. The van der Waals surface area contributed by atoms with E-state index in [9.17, 15) is 19.2 Å². The van der Waals surface area contributed by atoms with Gasteiger partial charge in [0.15, 0.2) is 0 Å². The van der Waals surface area contributed by atoms with E-state index in [-0.39, 0.29) is 11.9 Å². The van der Waals surface area contributed by atoms with Crippen molar-refractivity contribution in [3.05, 3.63) is 17.5 Å². The fourth-order valence-corrected chi connectivity index (χ4v) is 5.13. The molecule has 0 aliphatic heterocycles. The number of aromatic nitrogens is 3. The van der Waals surface area contributed by atoms with Crippen LogP contribution in [0.5, 0.6) is 0 Å². The lowest BCUT2D eigenvalue weighted by atomic mass is 9.80. The number of anilines is 2. The number of fused-ring (bicyclic) bond motifs is 2. The van der Waals surface area contributed by atoms with Crippen molar-refractivity contribution < 1.29 is 19.2 Å². The number of carbonyl (C=O) groups is 4. The monoisotopic (exact) mass is 553 g/mol. The van der Waals surface area contributed by atoms with E-state index in [2.05, 4.69) is 11.1 Å². The van der Waals surface area contributed by atoms with Crippen molar-refractivity contribution in [1.82, 2.24) is 15.0 Å². The molecular weight excluding hydrogens is 506 g/mol. The standard InChI is InChI=1S/C31H47N5O4/c1-18-16-19-14-15-31(18,17-19)20-32-25(35(21(37)27(2,3)4)22(38)28(5,6)7)34-26(33-20)36(23(39)29(8,9)10)24(40)30(11,12)13/h16,19H,14-15,17H2,1-13H3. The van der Waals surface area contributed by atoms with Gasteiger partial charge in [-0.3, -0.25) is 19.2 Å². The predicted octanol–water partition coefficient (Wildman–Crippen LogP) is 5.77. The van der Waals surface area contributed by atoms with E-state index in [1.807, 2.05) is 6.92 Å². The third-order valence-corrected chi connectivity index (χ3v) is 7.61. The summed E-state index contributed by atoms with van der Waals surface area (Å²) in [5.74, 6) is -1.48. The van der Waals surface area contributed by atoms with Crippen molar-refractivity contribution in [3.63, 3.8) is 0 Å². The second-order valence-electron chi connectivity index (χ2n) is 15.6. The fraction of sp³-hybridized carbons (Fsp3) is 0.710. The first-order valence-electron chi connectivity index (χ1n) is 14.1. The zero-order valence-electron chi connectivity index (χ0n) is 26.6. The Morgan fingerprint density at radius 1 is 0.675 bits per heavy atom. The lowest BCUT2D eigenvalue weighted by molar-refractivity contribution is -0.136. The molecule has 9 heteroatoms. The van der Waals surface area contributed by atoms with Crippen LogP contribution in [0.1, 0.15) is 115 Å². The van der Waals surface area contributed by atoms with Crippen molar-refractivity contribution in [2.75, 3.05) is 9.80 Å². The highest BCUT2D eigenvalue weighted by Gasteiger charge is 2.50. The van der Waals surface area contributed by atoms with Gasteiger partial charge in [0.25, 0.3) is 0 Å². The number of rotatable bonds is 3. The quantitative estimate of drug-likeness (QED) is 0.436. The van der Waals surface area contributed by atoms with E-state index in [0.717, 1.165) is 34.6 Å². The number of allylic oxidation sites excluding steroid dienone is 2. The summed E-state index contributed by atoms with van der Waals surface area (Å²) < 4.78 is 0. The summed E-state index contributed by atoms with van der Waals surface area (Å²) in [6, 6.07) is 0. The summed E-state index contributed by atoms with van der Waals surface area (Å²) in [5.41, 5.74) is -3.14. The van der Waals surface area contributed by atoms with Crippen LogP contribution in [-0.4, -0.2) is 38.6 Å². The fourth-order valence-electron chi connectivity index (χ4n) is 5.13. The molecule has 0 radical (unpaired) electrons. The Kier molecular flexibility index (Phi) is 7.76. The summed E-state index contributed by atoms with van der Waals surface area (Å²) in [7, 11) is 0. The SMILES string of the molecule is CC1=CC2CCC1(c1nc(N(C(=O)C(C)(C)C)C(=O)C(C)(C)C)nc(N(C(=O)C(C)(C)C)C(=O)C(C)(C)C)n1)C2. The van der Waals surface area contributed by atoms with Gasteiger partial charge in [-0.1, -0.05) is 94.7 Å². The van der Waals surface area contributed by atoms with Crippen LogP contribution in [0.25, 0.3) is 0 Å². The second kappa shape index (κ2) is 9.84. The van der Waals surface area contributed by atoms with E-state index in [1.165, 1.54) is 0 Å². The highest BCUT2D eigenvalue weighted by molar-refractivity contribution is 6.18. The van der Waals surface area contributed by atoms with Crippen LogP contribution in [0.3, 0.4) is 0 Å². The van der Waals surface area contributed by atoms with Gasteiger partial charge in [-0.15, -0.1) is 0 Å². The minimum absolute atomic E-state index is 0.161. The van der Waals surface area contributed by atoms with Crippen LogP contribution in [0.2, 0.25) is 0 Å². The smallest absolute Gasteiger partial charge is 0.244 e. The van der Waals surface area contributed by atoms with Crippen LogP contribution >= 0.6 is 0 Å². The predicted molar refractivity (Wildman–Crippen MR) is 155 cm³/mol. The van der Waals surface area contributed by atoms with Gasteiger partial charge in [0.05, 0.1) is 5.41 Å². The molecular formula is C31H47N5O4. The maximum Gasteiger partial charge on any atom is 0.244 e. The van der Waals surface area contributed by atoms with Gasteiger partial charge in [-0.05, 0) is 32.1 Å². The number of carbonyl (C=O) groups excluding carboxylic acids is 4. The van der Waals surface area contributed by atoms with E-state index < -0.39 is 50.7 Å².